The summed E-state index contributed by atoms with van der Waals surface area (Å²) in [6.45, 7) is 3.23. The molecule has 0 heterocycles. The van der Waals surface area contributed by atoms with E-state index >= 15 is 0 Å². The Labute approximate surface area is 199 Å². The maximum absolute atomic E-state index is 14.5. The molecule has 0 aliphatic rings. The molecule has 12 heteroatoms. The van der Waals surface area contributed by atoms with Crippen LogP contribution in [0.25, 0.3) is 0 Å². The lowest BCUT2D eigenvalue weighted by atomic mass is 10.2. The Morgan fingerprint density at radius 1 is 1.16 bits per heavy atom. The Morgan fingerprint density at radius 2 is 1.87 bits per heavy atom. The SMILES string of the molecule is COCC(C)NCCCNS(=O)(=O)Nc1ccc(F)c(F)c1Nc1ccc(I)cc1Cl. The van der Waals surface area contributed by atoms with E-state index in [-0.39, 0.29) is 29.0 Å². The van der Waals surface area contributed by atoms with Crippen molar-refractivity contribution in [2.45, 2.75) is 19.4 Å². The van der Waals surface area contributed by atoms with Crippen LogP contribution in [0, 0.1) is 15.2 Å². The van der Waals surface area contributed by atoms with Crippen LogP contribution in [0.4, 0.5) is 25.8 Å². The molecule has 7 nitrogen and oxygen atoms in total. The van der Waals surface area contributed by atoms with E-state index in [0.29, 0.717) is 25.3 Å². The van der Waals surface area contributed by atoms with Gasteiger partial charge < -0.3 is 15.4 Å². The van der Waals surface area contributed by atoms with Crippen LogP contribution in [0.2, 0.25) is 5.02 Å². The van der Waals surface area contributed by atoms with Crippen molar-refractivity contribution < 1.29 is 21.9 Å². The zero-order valence-corrected chi connectivity index (χ0v) is 20.7. The fourth-order valence-corrected chi connectivity index (χ4v) is 4.46. The van der Waals surface area contributed by atoms with Crippen molar-refractivity contribution >= 4 is 61.5 Å². The van der Waals surface area contributed by atoms with Crippen molar-refractivity contribution in [1.29, 1.82) is 0 Å². The van der Waals surface area contributed by atoms with Crippen LogP contribution in [0.5, 0.6) is 0 Å². The van der Waals surface area contributed by atoms with Crippen molar-refractivity contribution in [3.8, 4) is 0 Å². The van der Waals surface area contributed by atoms with Gasteiger partial charge in [0.25, 0.3) is 10.2 Å². The van der Waals surface area contributed by atoms with Crippen molar-refractivity contribution in [1.82, 2.24) is 10.0 Å². The Balaban J connectivity index is 2.07. The highest BCUT2D eigenvalue weighted by molar-refractivity contribution is 14.1. The molecule has 0 aliphatic heterocycles. The van der Waals surface area contributed by atoms with E-state index in [9.17, 15) is 17.2 Å². The number of halogens is 4. The second-order valence-corrected chi connectivity index (χ2v) is 9.85. The molecule has 0 saturated carbocycles. The molecule has 4 N–H and O–H groups in total. The predicted molar refractivity (Wildman–Crippen MR) is 128 cm³/mol. The zero-order valence-electron chi connectivity index (χ0n) is 16.9. The molecule has 1 atom stereocenters. The maximum Gasteiger partial charge on any atom is 0.299 e. The molecule has 2 rings (SSSR count). The molecule has 2 aromatic carbocycles. The Morgan fingerprint density at radius 3 is 2.55 bits per heavy atom. The third-order valence-corrected chi connectivity index (χ3v) is 6.14. The van der Waals surface area contributed by atoms with Gasteiger partial charge in [-0.05, 0) is 72.8 Å². The monoisotopic (exact) mass is 588 g/mol. The topological polar surface area (TPSA) is 91.5 Å². The summed E-state index contributed by atoms with van der Waals surface area (Å²) in [6.07, 6.45) is 0.524. The first-order chi connectivity index (χ1) is 14.6. The van der Waals surface area contributed by atoms with Crippen molar-refractivity contribution in [2.75, 3.05) is 36.8 Å². The van der Waals surface area contributed by atoms with Gasteiger partial charge in [-0.25, -0.2) is 8.78 Å². The van der Waals surface area contributed by atoms with Crippen LogP contribution in [0.1, 0.15) is 13.3 Å². The molecular formula is C19H24ClF2IN4O3S. The summed E-state index contributed by atoms with van der Waals surface area (Å²) in [5.74, 6) is -2.36. The van der Waals surface area contributed by atoms with Crippen LogP contribution < -0.4 is 20.1 Å². The first-order valence-electron chi connectivity index (χ1n) is 9.32. The number of hydrogen-bond acceptors (Lipinski definition) is 5. The van der Waals surface area contributed by atoms with E-state index in [2.05, 4.69) is 42.7 Å². The lowest BCUT2D eigenvalue weighted by molar-refractivity contribution is 0.172. The van der Waals surface area contributed by atoms with Gasteiger partial charge in [-0.2, -0.15) is 13.1 Å². The minimum atomic E-state index is -4.02. The van der Waals surface area contributed by atoms with Gasteiger partial charge in [-0.1, -0.05) is 11.6 Å². The molecule has 0 amide bonds. The molecule has 0 aromatic heterocycles. The Kier molecular flexibility index (Phi) is 10.2. The molecule has 0 aliphatic carbocycles. The van der Waals surface area contributed by atoms with Gasteiger partial charge >= 0.3 is 0 Å². The number of hydrogen-bond donors (Lipinski definition) is 4. The average Bonchev–Trinajstić information content (AvgIpc) is 2.69. The normalized spacial score (nSPS) is 12.6. The van der Waals surface area contributed by atoms with Crippen LogP contribution in [0.15, 0.2) is 30.3 Å². The zero-order chi connectivity index (χ0) is 23.0. The summed E-state index contributed by atoms with van der Waals surface area (Å²) in [5.41, 5.74) is -0.229. The summed E-state index contributed by atoms with van der Waals surface area (Å²) in [7, 11) is -2.42. The summed E-state index contributed by atoms with van der Waals surface area (Å²) in [5, 5.41) is 6.13. The van der Waals surface area contributed by atoms with Crippen LogP contribution >= 0.6 is 34.2 Å². The highest BCUT2D eigenvalue weighted by Gasteiger charge is 2.19. The van der Waals surface area contributed by atoms with E-state index in [4.69, 9.17) is 16.3 Å². The second kappa shape index (κ2) is 12.1. The second-order valence-electron chi connectivity index (χ2n) is 6.70. The summed E-state index contributed by atoms with van der Waals surface area (Å²) < 4.78 is 63.5. The van der Waals surface area contributed by atoms with Gasteiger partial charge in [0.15, 0.2) is 11.6 Å². The summed E-state index contributed by atoms with van der Waals surface area (Å²) in [6, 6.07) is 7.06. The first-order valence-corrected chi connectivity index (χ1v) is 12.3. The molecule has 0 bridgehead atoms. The Bertz CT molecular complexity index is 998. The summed E-state index contributed by atoms with van der Waals surface area (Å²) in [4.78, 5) is 0. The van der Waals surface area contributed by atoms with Crippen molar-refractivity contribution in [3.05, 3.63) is 50.6 Å². The third kappa shape index (κ3) is 8.31. The predicted octanol–water partition coefficient (Wildman–Crippen LogP) is 4.23. The Hall–Kier alpha value is -1.25. The molecule has 0 spiro atoms. The van der Waals surface area contributed by atoms with Gasteiger partial charge in [-0.15, -0.1) is 0 Å². The van der Waals surface area contributed by atoms with Crippen LogP contribution in [0.3, 0.4) is 0 Å². The molecular weight excluding hydrogens is 565 g/mol. The number of anilines is 3. The molecule has 0 radical (unpaired) electrons. The first kappa shape index (κ1) is 26.0. The molecule has 1 unspecified atom stereocenters. The molecule has 2 aromatic rings. The smallest absolute Gasteiger partial charge is 0.299 e. The van der Waals surface area contributed by atoms with Gasteiger partial charge in [-0.3, -0.25) is 4.72 Å². The van der Waals surface area contributed by atoms with Crippen molar-refractivity contribution in [2.24, 2.45) is 0 Å². The summed E-state index contributed by atoms with van der Waals surface area (Å²) >= 11 is 8.21. The highest BCUT2D eigenvalue weighted by atomic mass is 127. The minimum Gasteiger partial charge on any atom is -0.383 e. The number of methoxy groups -OCH3 is 1. The van der Waals surface area contributed by atoms with E-state index in [1.807, 2.05) is 6.92 Å². The number of rotatable bonds is 12. The standard InChI is InChI=1S/C19H24ClF2IN4O3S/c1-12(11-30-2)24-8-3-9-25-31(28,29)27-17-7-5-15(21)18(22)19(17)26-16-6-4-13(23)10-14(16)20/h4-7,10,12,24-27H,3,8-9,11H2,1-2H3. The molecule has 172 valence electrons. The van der Waals surface area contributed by atoms with Crippen molar-refractivity contribution in [3.63, 3.8) is 0 Å². The van der Waals surface area contributed by atoms with E-state index in [1.165, 1.54) is 0 Å². The van der Waals surface area contributed by atoms with Gasteiger partial charge in [0.05, 0.1) is 23.0 Å². The molecule has 0 saturated heterocycles. The lowest BCUT2D eigenvalue weighted by Crippen LogP contribution is -2.35. The largest absolute Gasteiger partial charge is 0.383 e. The minimum absolute atomic E-state index is 0.142. The van der Waals surface area contributed by atoms with Crippen LogP contribution in [-0.2, 0) is 14.9 Å². The van der Waals surface area contributed by atoms with Gasteiger partial charge in [0.1, 0.15) is 5.69 Å². The average molecular weight is 589 g/mol. The van der Waals surface area contributed by atoms with Gasteiger partial charge in [0, 0.05) is 23.3 Å². The third-order valence-electron chi connectivity index (χ3n) is 4.09. The number of benzene rings is 2. The molecule has 0 fully saturated rings. The fourth-order valence-electron chi connectivity index (χ4n) is 2.62. The number of ether oxygens (including phenoxy) is 1. The highest BCUT2D eigenvalue weighted by Crippen LogP contribution is 2.34. The molecule has 31 heavy (non-hydrogen) atoms. The number of nitrogens with one attached hydrogen (secondary N) is 4. The quantitative estimate of drug-likeness (QED) is 0.220. The fraction of sp³-hybridized carbons (Fsp3) is 0.368. The maximum atomic E-state index is 14.5. The van der Waals surface area contributed by atoms with E-state index < -0.39 is 21.8 Å². The van der Waals surface area contributed by atoms with Crippen LogP contribution in [-0.4, -0.2) is 41.3 Å². The van der Waals surface area contributed by atoms with Gasteiger partial charge in [0.2, 0.25) is 0 Å². The van der Waals surface area contributed by atoms with E-state index in [1.54, 1.807) is 25.3 Å². The lowest BCUT2D eigenvalue weighted by Gasteiger charge is -2.17. The van der Waals surface area contributed by atoms with E-state index in [0.717, 1.165) is 15.7 Å².